The molecule has 4 aromatic rings. The Morgan fingerprint density at radius 3 is 2.40 bits per heavy atom. The Morgan fingerprint density at radius 2 is 1.71 bits per heavy atom. The lowest BCUT2D eigenvalue weighted by molar-refractivity contribution is -0.138. The first kappa shape index (κ1) is 24.1. The Morgan fingerprint density at radius 1 is 1.00 bits per heavy atom. The summed E-state index contributed by atoms with van der Waals surface area (Å²) in [5, 5.41) is 6.40. The van der Waals surface area contributed by atoms with Crippen molar-refractivity contribution in [3.05, 3.63) is 89.4 Å². The van der Waals surface area contributed by atoms with Crippen molar-refractivity contribution in [2.75, 3.05) is 5.32 Å². The van der Waals surface area contributed by atoms with Crippen LogP contribution in [0.15, 0.2) is 71.8 Å². The number of Topliss-reactive ketones (excluding diaryl/α,β-unsaturated/α-hetero) is 1. The molecule has 1 aromatic heterocycles. The highest BCUT2D eigenvalue weighted by Gasteiger charge is 2.36. The van der Waals surface area contributed by atoms with Gasteiger partial charge in [-0.3, -0.25) is 9.59 Å². The lowest BCUT2D eigenvalue weighted by Gasteiger charge is -2.14. The van der Waals surface area contributed by atoms with Crippen LogP contribution in [0.5, 0.6) is 0 Å². The van der Waals surface area contributed by atoms with Crippen LogP contribution in [0, 0.1) is 5.82 Å². The second-order valence-corrected chi connectivity index (χ2v) is 9.23. The molecule has 12 heteroatoms. The second-order valence-electron chi connectivity index (χ2n) is 7.46. The fourth-order valence-electron chi connectivity index (χ4n) is 3.42. The van der Waals surface area contributed by atoms with Crippen LogP contribution >= 0.6 is 0 Å². The number of carbonyl (C=O) groups is 2. The number of alkyl halides is 3. The van der Waals surface area contributed by atoms with E-state index in [-0.39, 0.29) is 27.4 Å². The molecule has 0 aliphatic heterocycles. The van der Waals surface area contributed by atoms with Gasteiger partial charge in [0.15, 0.2) is 5.78 Å². The molecule has 7 nitrogen and oxygen atoms in total. The Kier molecular flexibility index (Phi) is 5.93. The van der Waals surface area contributed by atoms with Gasteiger partial charge < -0.3 is 5.32 Å². The minimum atomic E-state index is -4.97. The monoisotopic (exact) mass is 505 g/mol. The molecule has 0 spiro atoms. The molecule has 4 rings (SSSR count). The van der Waals surface area contributed by atoms with Gasteiger partial charge in [0, 0.05) is 16.6 Å². The molecule has 180 valence electrons. The zero-order valence-electron chi connectivity index (χ0n) is 17.8. The molecule has 0 fully saturated rings. The summed E-state index contributed by atoms with van der Waals surface area (Å²) in [5.41, 5.74) is -2.56. The van der Waals surface area contributed by atoms with Gasteiger partial charge in [0.05, 0.1) is 27.7 Å². The number of anilines is 1. The Labute approximate surface area is 196 Å². The van der Waals surface area contributed by atoms with Crippen molar-refractivity contribution in [3.8, 4) is 0 Å². The summed E-state index contributed by atoms with van der Waals surface area (Å²) in [7, 11) is -4.28. The van der Waals surface area contributed by atoms with Gasteiger partial charge in [-0.25, -0.2) is 4.39 Å². The Bertz CT molecular complexity index is 1590. The number of hydrogen-bond acceptors (Lipinski definition) is 5. The van der Waals surface area contributed by atoms with E-state index in [1.807, 2.05) is 0 Å². The van der Waals surface area contributed by atoms with Crippen molar-refractivity contribution in [2.45, 2.75) is 18.0 Å². The number of nitrogens with zero attached hydrogens (tertiary/aromatic N) is 2. The van der Waals surface area contributed by atoms with Crippen molar-refractivity contribution in [3.63, 3.8) is 0 Å². The average molecular weight is 505 g/mol. The van der Waals surface area contributed by atoms with Crippen LogP contribution in [0.2, 0.25) is 0 Å². The highest BCUT2D eigenvalue weighted by molar-refractivity contribution is 7.90. The van der Waals surface area contributed by atoms with Gasteiger partial charge in [-0.15, -0.1) is 0 Å². The van der Waals surface area contributed by atoms with E-state index in [4.69, 9.17) is 0 Å². The largest absolute Gasteiger partial charge is 0.417 e. The number of hydrogen-bond donors (Lipinski definition) is 1. The SMILES string of the molecule is CC(=O)c1cccc(S(=O)(=O)n2ncc3ccc(NC(=O)c4c(F)cccc4C(F)(F)F)cc32)c1. The molecule has 0 saturated carbocycles. The van der Waals surface area contributed by atoms with Crippen LogP contribution in [0.25, 0.3) is 10.9 Å². The molecule has 3 aromatic carbocycles. The third-order valence-corrected chi connectivity index (χ3v) is 6.70. The molecule has 0 radical (unpaired) electrons. The molecule has 0 atom stereocenters. The molecular formula is C23H15F4N3O4S. The topological polar surface area (TPSA) is 98.1 Å². The number of amides is 1. The first-order valence-electron chi connectivity index (χ1n) is 9.91. The van der Waals surface area contributed by atoms with E-state index in [1.54, 1.807) is 0 Å². The van der Waals surface area contributed by atoms with Gasteiger partial charge >= 0.3 is 6.18 Å². The van der Waals surface area contributed by atoms with Gasteiger partial charge in [-0.2, -0.15) is 30.8 Å². The lowest BCUT2D eigenvalue weighted by Crippen LogP contribution is -2.20. The van der Waals surface area contributed by atoms with Gasteiger partial charge in [-0.1, -0.05) is 18.2 Å². The van der Waals surface area contributed by atoms with Crippen LogP contribution < -0.4 is 5.32 Å². The predicted octanol–water partition coefficient (Wildman–Crippen LogP) is 4.89. The minimum absolute atomic E-state index is 0.000562. The number of carbonyl (C=O) groups excluding carboxylic acids is 2. The zero-order valence-corrected chi connectivity index (χ0v) is 18.6. The first-order chi connectivity index (χ1) is 16.4. The highest BCUT2D eigenvalue weighted by Crippen LogP contribution is 2.33. The van der Waals surface area contributed by atoms with Gasteiger partial charge in [0.2, 0.25) is 0 Å². The van der Waals surface area contributed by atoms with Crippen molar-refractivity contribution in [2.24, 2.45) is 0 Å². The first-order valence-corrected chi connectivity index (χ1v) is 11.3. The average Bonchev–Trinajstić information content (AvgIpc) is 3.22. The van der Waals surface area contributed by atoms with Gasteiger partial charge in [0.25, 0.3) is 15.9 Å². The summed E-state index contributed by atoms with van der Waals surface area (Å²) < 4.78 is 81.0. The van der Waals surface area contributed by atoms with Gasteiger partial charge in [0.1, 0.15) is 5.82 Å². The quantitative estimate of drug-likeness (QED) is 0.308. The van der Waals surface area contributed by atoms with E-state index in [0.717, 1.165) is 12.1 Å². The molecule has 1 N–H and O–H groups in total. The molecule has 0 aliphatic carbocycles. The number of fused-ring (bicyclic) bond motifs is 1. The maximum Gasteiger partial charge on any atom is 0.417 e. The van der Waals surface area contributed by atoms with E-state index >= 15 is 0 Å². The smallest absolute Gasteiger partial charge is 0.322 e. The lowest BCUT2D eigenvalue weighted by atomic mass is 10.1. The summed E-state index contributed by atoms with van der Waals surface area (Å²) >= 11 is 0. The Balaban J connectivity index is 1.75. The normalized spacial score (nSPS) is 12.0. The maximum atomic E-state index is 14.2. The van der Waals surface area contributed by atoms with Crippen molar-refractivity contribution in [1.29, 1.82) is 0 Å². The highest BCUT2D eigenvalue weighted by atomic mass is 32.2. The number of aromatic nitrogens is 2. The summed E-state index contributed by atoms with van der Waals surface area (Å²) in [6.45, 7) is 1.28. The van der Waals surface area contributed by atoms with Crippen LogP contribution in [0.4, 0.5) is 23.2 Å². The number of halogens is 4. The van der Waals surface area contributed by atoms with Crippen LogP contribution in [-0.4, -0.2) is 29.3 Å². The summed E-state index contributed by atoms with van der Waals surface area (Å²) in [6.07, 6.45) is -3.73. The third kappa shape index (κ3) is 4.52. The van der Waals surface area contributed by atoms with Crippen LogP contribution in [0.3, 0.4) is 0 Å². The fourth-order valence-corrected chi connectivity index (χ4v) is 4.74. The summed E-state index contributed by atoms with van der Waals surface area (Å²) in [5.74, 6) is -3.07. The molecule has 0 unspecified atom stereocenters. The molecule has 0 bridgehead atoms. The maximum absolute atomic E-state index is 14.2. The fraction of sp³-hybridized carbons (Fsp3) is 0.0870. The van der Waals surface area contributed by atoms with Gasteiger partial charge in [-0.05, 0) is 49.4 Å². The summed E-state index contributed by atoms with van der Waals surface area (Å²) in [6, 6.07) is 11.3. The van der Waals surface area contributed by atoms with Crippen molar-refractivity contribution in [1.82, 2.24) is 9.19 Å². The van der Waals surface area contributed by atoms with Crippen LogP contribution in [-0.2, 0) is 16.2 Å². The minimum Gasteiger partial charge on any atom is -0.322 e. The standard InChI is InChI=1S/C23H15F4N3O4S/c1-13(31)14-4-2-5-17(10-14)35(33,34)30-20-11-16(9-8-15(20)12-28-30)29-22(32)21-18(23(25,26)27)6-3-7-19(21)24/h2-12H,1H3,(H,29,32). The molecule has 0 saturated heterocycles. The van der Waals surface area contributed by atoms with Crippen molar-refractivity contribution < 1.29 is 35.6 Å². The Hall–Kier alpha value is -4.06. The second kappa shape index (κ2) is 8.62. The number of benzene rings is 3. The van der Waals surface area contributed by atoms with E-state index in [1.165, 1.54) is 55.6 Å². The number of rotatable bonds is 5. The van der Waals surface area contributed by atoms with E-state index in [2.05, 4.69) is 10.4 Å². The zero-order chi connectivity index (χ0) is 25.5. The predicted molar refractivity (Wildman–Crippen MR) is 118 cm³/mol. The number of nitrogens with one attached hydrogen (secondary N) is 1. The molecular weight excluding hydrogens is 490 g/mol. The van der Waals surface area contributed by atoms with Crippen LogP contribution in [0.1, 0.15) is 33.2 Å². The number of ketones is 1. The molecule has 1 heterocycles. The molecule has 1 amide bonds. The molecule has 35 heavy (non-hydrogen) atoms. The van der Waals surface area contributed by atoms with E-state index in [0.29, 0.717) is 15.5 Å². The molecule has 0 aliphatic rings. The third-order valence-electron chi connectivity index (χ3n) is 5.11. The summed E-state index contributed by atoms with van der Waals surface area (Å²) in [4.78, 5) is 24.0. The van der Waals surface area contributed by atoms with Crippen molar-refractivity contribution >= 4 is 38.3 Å². The van der Waals surface area contributed by atoms with E-state index < -0.39 is 39.1 Å². The van der Waals surface area contributed by atoms with E-state index in [9.17, 15) is 35.6 Å².